The van der Waals surface area contributed by atoms with Gasteiger partial charge in [-0.1, -0.05) is 0 Å². The van der Waals surface area contributed by atoms with Crippen LogP contribution in [0.5, 0.6) is 0 Å². The number of aromatic amines is 1. The van der Waals surface area contributed by atoms with Gasteiger partial charge in [-0.15, -0.1) is 0 Å². The molecule has 4 nitrogen and oxygen atoms in total. The van der Waals surface area contributed by atoms with Gasteiger partial charge in [-0.3, -0.25) is 4.90 Å². The molecule has 0 spiro atoms. The number of H-pyrrole nitrogens is 1. The highest BCUT2D eigenvalue weighted by Gasteiger charge is 2.17. The molecule has 1 aromatic rings. The van der Waals surface area contributed by atoms with E-state index in [0.29, 0.717) is 6.04 Å². The maximum absolute atomic E-state index is 3.49. The van der Waals surface area contributed by atoms with Crippen LogP contribution >= 0.6 is 0 Å². The third kappa shape index (κ3) is 3.06. The second-order valence-corrected chi connectivity index (χ2v) is 4.19. The Balaban J connectivity index is 1.68. The zero-order valence-corrected chi connectivity index (χ0v) is 9.29. The van der Waals surface area contributed by atoms with Crippen molar-refractivity contribution in [1.82, 2.24) is 20.5 Å². The van der Waals surface area contributed by atoms with Crippen molar-refractivity contribution in [3.05, 3.63) is 24.0 Å². The molecule has 84 valence electrons. The third-order valence-electron chi connectivity index (χ3n) is 3.02. The Morgan fingerprint density at radius 3 is 3.27 bits per heavy atom. The Kier molecular flexibility index (Phi) is 3.77. The standard InChI is InChI=1S/C11H20N4/c1-15-5-4-13-8-11(15)9-14-7-10-2-3-12-6-10/h2-3,6,11-14H,4-5,7-9H2,1H3. The zero-order chi connectivity index (χ0) is 10.5. The molecule has 2 heterocycles. The molecule has 15 heavy (non-hydrogen) atoms. The number of nitrogens with zero attached hydrogens (tertiary/aromatic N) is 1. The molecule has 1 aliphatic heterocycles. The predicted octanol–water partition coefficient (Wildman–Crippen LogP) is 0.00790. The topological polar surface area (TPSA) is 43.1 Å². The van der Waals surface area contributed by atoms with Gasteiger partial charge in [-0.05, 0) is 18.7 Å². The summed E-state index contributed by atoms with van der Waals surface area (Å²) in [4.78, 5) is 5.48. The van der Waals surface area contributed by atoms with Crippen LogP contribution in [0.2, 0.25) is 0 Å². The second-order valence-electron chi connectivity index (χ2n) is 4.19. The molecule has 1 unspecified atom stereocenters. The molecule has 0 radical (unpaired) electrons. The van der Waals surface area contributed by atoms with Crippen LogP contribution in [0.15, 0.2) is 18.5 Å². The molecule has 1 aliphatic rings. The molecule has 1 atom stereocenters. The van der Waals surface area contributed by atoms with E-state index in [1.807, 2.05) is 12.4 Å². The summed E-state index contributed by atoms with van der Waals surface area (Å²) in [7, 11) is 2.20. The normalized spacial score (nSPS) is 23.1. The lowest BCUT2D eigenvalue weighted by Gasteiger charge is -2.33. The Morgan fingerprint density at radius 2 is 2.53 bits per heavy atom. The van der Waals surface area contributed by atoms with E-state index in [1.54, 1.807) is 0 Å². The molecular formula is C11H20N4. The number of aromatic nitrogens is 1. The molecule has 0 bridgehead atoms. The zero-order valence-electron chi connectivity index (χ0n) is 9.29. The van der Waals surface area contributed by atoms with Crippen molar-refractivity contribution < 1.29 is 0 Å². The van der Waals surface area contributed by atoms with Crippen LogP contribution in [0.4, 0.5) is 0 Å². The van der Waals surface area contributed by atoms with Crippen LogP contribution in [0.25, 0.3) is 0 Å². The van der Waals surface area contributed by atoms with Crippen molar-refractivity contribution >= 4 is 0 Å². The highest BCUT2D eigenvalue weighted by Crippen LogP contribution is 1.99. The number of hydrogen-bond donors (Lipinski definition) is 3. The van der Waals surface area contributed by atoms with Gasteiger partial charge in [0.05, 0.1) is 0 Å². The molecule has 2 rings (SSSR count). The summed E-state index contributed by atoms with van der Waals surface area (Å²) in [5.74, 6) is 0. The molecule has 4 heteroatoms. The van der Waals surface area contributed by atoms with Crippen molar-refractivity contribution in [2.45, 2.75) is 12.6 Å². The molecular weight excluding hydrogens is 188 g/mol. The number of nitrogens with one attached hydrogen (secondary N) is 3. The fourth-order valence-corrected chi connectivity index (χ4v) is 1.94. The van der Waals surface area contributed by atoms with E-state index in [2.05, 4.69) is 33.6 Å². The quantitative estimate of drug-likeness (QED) is 0.653. The average molecular weight is 208 g/mol. The van der Waals surface area contributed by atoms with Crippen molar-refractivity contribution in [2.75, 3.05) is 33.2 Å². The van der Waals surface area contributed by atoms with Crippen LogP contribution < -0.4 is 10.6 Å². The van der Waals surface area contributed by atoms with Crippen LogP contribution in [0, 0.1) is 0 Å². The maximum Gasteiger partial charge on any atom is 0.0342 e. The lowest BCUT2D eigenvalue weighted by molar-refractivity contribution is 0.195. The van der Waals surface area contributed by atoms with Gasteiger partial charge in [0.25, 0.3) is 0 Å². The summed E-state index contributed by atoms with van der Waals surface area (Å²) in [6.45, 7) is 5.36. The Morgan fingerprint density at radius 1 is 1.60 bits per heavy atom. The molecule has 0 amide bonds. The average Bonchev–Trinajstić information content (AvgIpc) is 2.74. The summed E-state index contributed by atoms with van der Waals surface area (Å²) in [5, 5.41) is 6.91. The summed E-state index contributed by atoms with van der Waals surface area (Å²) in [6.07, 6.45) is 4.00. The van der Waals surface area contributed by atoms with E-state index >= 15 is 0 Å². The highest BCUT2D eigenvalue weighted by atomic mass is 15.2. The van der Waals surface area contributed by atoms with E-state index in [9.17, 15) is 0 Å². The van der Waals surface area contributed by atoms with E-state index in [4.69, 9.17) is 0 Å². The van der Waals surface area contributed by atoms with Crippen molar-refractivity contribution in [3.8, 4) is 0 Å². The first-order chi connectivity index (χ1) is 7.36. The van der Waals surface area contributed by atoms with Crippen molar-refractivity contribution in [2.24, 2.45) is 0 Å². The van der Waals surface area contributed by atoms with Crippen LogP contribution in [0.3, 0.4) is 0 Å². The van der Waals surface area contributed by atoms with Gasteiger partial charge in [0.15, 0.2) is 0 Å². The van der Waals surface area contributed by atoms with E-state index < -0.39 is 0 Å². The van der Waals surface area contributed by atoms with Crippen LogP contribution in [0.1, 0.15) is 5.56 Å². The van der Waals surface area contributed by atoms with Gasteiger partial charge in [0, 0.05) is 51.2 Å². The van der Waals surface area contributed by atoms with E-state index in [0.717, 1.165) is 32.7 Å². The first kappa shape index (κ1) is 10.7. The highest BCUT2D eigenvalue weighted by molar-refractivity contribution is 5.07. The lowest BCUT2D eigenvalue weighted by Crippen LogP contribution is -2.53. The Labute approximate surface area is 91.0 Å². The van der Waals surface area contributed by atoms with Crippen molar-refractivity contribution in [3.63, 3.8) is 0 Å². The van der Waals surface area contributed by atoms with Crippen LogP contribution in [-0.2, 0) is 6.54 Å². The molecule has 0 aliphatic carbocycles. The van der Waals surface area contributed by atoms with Gasteiger partial charge in [0.2, 0.25) is 0 Å². The monoisotopic (exact) mass is 208 g/mol. The van der Waals surface area contributed by atoms with E-state index in [-0.39, 0.29) is 0 Å². The molecule has 3 N–H and O–H groups in total. The number of hydrogen-bond acceptors (Lipinski definition) is 3. The minimum atomic E-state index is 0.623. The minimum absolute atomic E-state index is 0.623. The molecule has 1 saturated heterocycles. The van der Waals surface area contributed by atoms with E-state index in [1.165, 1.54) is 5.56 Å². The van der Waals surface area contributed by atoms with Crippen LogP contribution in [-0.4, -0.2) is 49.2 Å². The van der Waals surface area contributed by atoms with Gasteiger partial charge < -0.3 is 15.6 Å². The molecule has 1 fully saturated rings. The lowest BCUT2D eigenvalue weighted by atomic mass is 10.2. The number of piperazine rings is 1. The van der Waals surface area contributed by atoms with Crippen molar-refractivity contribution in [1.29, 1.82) is 0 Å². The minimum Gasteiger partial charge on any atom is -0.367 e. The Bertz CT molecular complexity index is 270. The summed E-state index contributed by atoms with van der Waals surface area (Å²) in [6, 6.07) is 2.73. The SMILES string of the molecule is CN1CCNCC1CNCc1cc[nH]c1. The predicted molar refractivity (Wildman–Crippen MR) is 61.8 cm³/mol. The van der Waals surface area contributed by atoms with Gasteiger partial charge in [-0.25, -0.2) is 0 Å². The fraction of sp³-hybridized carbons (Fsp3) is 0.636. The Hall–Kier alpha value is -0.840. The summed E-state index contributed by atoms with van der Waals surface area (Å²) >= 11 is 0. The van der Waals surface area contributed by atoms with Gasteiger partial charge in [-0.2, -0.15) is 0 Å². The first-order valence-electron chi connectivity index (χ1n) is 5.59. The number of rotatable bonds is 4. The summed E-state index contributed by atoms with van der Waals surface area (Å²) in [5.41, 5.74) is 1.32. The number of likely N-dealkylation sites (N-methyl/N-ethyl adjacent to an activating group) is 1. The smallest absolute Gasteiger partial charge is 0.0342 e. The summed E-state index contributed by atoms with van der Waals surface area (Å²) < 4.78 is 0. The molecule has 1 aromatic heterocycles. The first-order valence-corrected chi connectivity index (χ1v) is 5.59. The molecule has 0 aromatic carbocycles. The fourth-order valence-electron chi connectivity index (χ4n) is 1.94. The van der Waals surface area contributed by atoms with Gasteiger partial charge >= 0.3 is 0 Å². The van der Waals surface area contributed by atoms with Gasteiger partial charge in [0.1, 0.15) is 0 Å². The largest absolute Gasteiger partial charge is 0.367 e. The third-order valence-corrected chi connectivity index (χ3v) is 3.02. The maximum atomic E-state index is 3.49. The second kappa shape index (κ2) is 5.30. The molecule has 0 saturated carbocycles.